The predicted octanol–water partition coefficient (Wildman–Crippen LogP) is 2.56. The minimum atomic E-state index is -3.41. The number of sulfonamides is 1. The van der Waals surface area contributed by atoms with Gasteiger partial charge in [-0.1, -0.05) is 18.5 Å². The molecule has 0 heterocycles. The van der Waals surface area contributed by atoms with Crippen LogP contribution in [0.1, 0.15) is 19.8 Å². The van der Waals surface area contributed by atoms with Crippen LogP contribution >= 0.6 is 11.6 Å². The van der Waals surface area contributed by atoms with Gasteiger partial charge >= 0.3 is 0 Å². The minimum Gasteiger partial charge on any atom is -0.494 e. The first-order chi connectivity index (χ1) is 8.78. The second kappa shape index (κ2) is 7.07. The van der Waals surface area contributed by atoms with E-state index in [-0.39, 0.29) is 16.7 Å². The zero-order valence-corrected chi connectivity index (χ0v) is 12.2. The molecule has 0 amide bonds. The monoisotopic (exact) mass is 309 g/mol. The van der Waals surface area contributed by atoms with Crippen LogP contribution in [-0.4, -0.2) is 20.8 Å². The molecule has 0 spiro atoms. The van der Waals surface area contributed by atoms with E-state index < -0.39 is 15.8 Å². The van der Waals surface area contributed by atoms with Crippen molar-refractivity contribution in [2.45, 2.75) is 19.8 Å². The van der Waals surface area contributed by atoms with E-state index in [0.717, 1.165) is 0 Å². The zero-order chi connectivity index (χ0) is 14.5. The number of hydrogen-bond donors (Lipinski definition) is 1. The molecular weight excluding hydrogens is 293 g/mol. The predicted molar refractivity (Wildman–Crippen MR) is 73.3 cm³/mol. The Morgan fingerprint density at radius 2 is 2.11 bits per heavy atom. The van der Waals surface area contributed by atoms with Gasteiger partial charge < -0.3 is 4.74 Å². The fourth-order valence-electron chi connectivity index (χ4n) is 1.45. The standard InChI is InChI=1S/C12H17ClFNO3S/c1-9(5-7-19(15,16)17)4-6-18-10-2-3-12(14)11(13)8-10/h2-3,8-9H,4-7H2,1H3,(H2,15,16,17). The summed E-state index contributed by atoms with van der Waals surface area (Å²) in [7, 11) is -3.41. The lowest BCUT2D eigenvalue weighted by atomic mass is 10.1. The summed E-state index contributed by atoms with van der Waals surface area (Å²) in [5.41, 5.74) is 0. The lowest BCUT2D eigenvalue weighted by Crippen LogP contribution is -2.18. The molecule has 1 aromatic carbocycles. The molecule has 108 valence electrons. The van der Waals surface area contributed by atoms with Crippen molar-refractivity contribution in [1.29, 1.82) is 0 Å². The molecule has 1 aromatic rings. The van der Waals surface area contributed by atoms with Crippen LogP contribution in [0, 0.1) is 11.7 Å². The Labute approximate surface area is 117 Å². The fourth-order valence-corrected chi connectivity index (χ4v) is 2.36. The van der Waals surface area contributed by atoms with Crippen molar-refractivity contribution >= 4 is 21.6 Å². The molecule has 0 radical (unpaired) electrons. The fraction of sp³-hybridized carbons (Fsp3) is 0.500. The Hall–Kier alpha value is -0.850. The Bertz CT molecular complexity index is 522. The van der Waals surface area contributed by atoms with Crippen LogP contribution in [0.15, 0.2) is 18.2 Å². The number of benzene rings is 1. The molecule has 1 unspecified atom stereocenters. The van der Waals surface area contributed by atoms with Crippen molar-refractivity contribution in [3.8, 4) is 5.75 Å². The number of rotatable bonds is 7. The van der Waals surface area contributed by atoms with E-state index in [9.17, 15) is 12.8 Å². The lowest BCUT2D eigenvalue weighted by molar-refractivity contribution is 0.281. The van der Waals surface area contributed by atoms with Crippen molar-refractivity contribution in [2.24, 2.45) is 11.1 Å². The highest BCUT2D eigenvalue weighted by atomic mass is 35.5. The van der Waals surface area contributed by atoms with Crippen molar-refractivity contribution in [3.63, 3.8) is 0 Å². The van der Waals surface area contributed by atoms with E-state index in [2.05, 4.69) is 0 Å². The molecule has 0 bridgehead atoms. The molecule has 2 N–H and O–H groups in total. The van der Waals surface area contributed by atoms with Gasteiger partial charge in [-0.2, -0.15) is 0 Å². The molecule has 19 heavy (non-hydrogen) atoms. The van der Waals surface area contributed by atoms with E-state index in [0.29, 0.717) is 25.2 Å². The highest BCUT2D eigenvalue weighted by Crippen LogP contribution is 2.21. The highest BCUT2D eigenvalue weighted by Gasteiger charge is 2.09. The molecule has 0 aromatic heterocycles. The molecular formula is C12H17ClFNO3S. The van der Waals surface area contributed by atoms with E-state index in [4.69, 9.17) is 21.5 Å². The van der Waals surface area contributed by atoms with Crippen molar-refractivity contribution in [2.75, 3.05) is 12.4 Å². The summed E-state index contributed by atoms with van der Waals surface area (Å²) in [5, 5.41) is 4.94. The first-order valence-corrected chi connectivity index (χ1v) is 7.95. The first-order valence-electron chi connectivity index (χ1n) is 5.86. The van der Waals surface area contributed by atoms with Gasteiger partial charge in [0.1, 0.15) is 11.6 Å². The van der Waals surface area contributed by atoms with Crippen molar-refractivity contribution in [3.05, 3.63) is 29.0 Å². The summed E-state index contributed by atoms with van der Waals surface area (Å²) in [6.45, 7) is 2.33. The van der Waals surface area contributed by atoms with Gasteiger partial charge in [0.05, 0.1) is 17.4 Å². The lowest BCUT2D eigenvalue weighted by Gasteiger charge is -2.12. The maximum Gasteiger partial charge on any atom is 0.209 e. The number of primary sulfonamides is 1. The van der Waals surface area contributed by atoms with Crippen LogP contribution in [0.4, 0.5) is 4.39 Å². The average molecular weight is 310 g/mol. The number of halogens is 2. The van der Waals surface area contributed by atoms with Crippen LogP contribution in [0.25, 0.3) is 0 Å². The molecule has 0 saturated carbocycles. The average Bonchev–Trinajstić information content (AvgIpc) is 2.30. The Balaban J connectivity index is 2.31. The van der Waals surface area contributed by atoms with Crippen LogP contribution < -0.4 is 9.88 Å². The quantitative estimate of drug-likeness (QED) is 0.841. The Kier molecular flexibility index (Phi) is 6.03. The molecule has 1 rings (SSSR count). The van der Waals surface area contributed by atoms with Crippen LogP contribution in [-0.2, 0) is 10.0 Å². The van der Waals surface area contributed by atoms with Gasteiger partial charge in [-0.25, -0.2) is 17.9 Å². The first kappa shape index (κ1) is 16.2. The summed E-state index contributed by atoms with van der Waals surface area (Å²) < 4.78 is 39.9. The van der Waals surface area contributed by atoms with Crippen LogP contribution in [0.3, 0.4) is 0 Å². The molecule has 0 aliphatic rings. The van der Waals surface area contributed by atoms with Gasteiger partial charge in [0.25, 0.3) is 0 Å². The Morgan fingerprint density at radius 1 is 1.42 bits per heavy atom. The number of ether oxygens (including phenoxy) is 1. The molecule has 0 fully saturated rings. The number of hydrogen-bond acceptors (Lipinski definition) is 3. The molecule has 0 saturated heterocycles. The molecule has 4 nitrogen and oxygen atoms in total. The zero-order valence-electron chi connectivity index (χ0n) is 10.6. The summed E-state index contributed by atoms with van der Waals surface area (Å²) >= 11 is 5.62. The summed E-state index contributed by atoms with van der Waals surface area (Å²) in [4.78, 5) is 0. The minimum absolute atomic E-state index is 0.0137. The maximum atomic E-state index is 12.9. The topological polar surface area (TPSA) is 69.4 Å². The maximum absolute atomic E-state index is 12.9. The summed E-state index contributed by atoms with van der Waals surface area (Å²) in [6.07, 6.45) is 1.18. The van der Waals surface area contributed by atoms with E-state index in [1.54, 1.807) is 0 Å². The Morgan fingerprint density at radius 3 is 2.68 bits per heavy atom. The van der Waals surface area contributed by atoms with Gasteiger partial charge in [-0.3, -0.25) is 0 Å². The van der Waals surface area contributed by atoms with Gasteiger partial charge in [0.2, 0.25) is 10.0 Å². The second-order valence-corrected chi connectivity index (χ2v) is 6.62. The summed E-state index contributed by atoms with van der Waals surface area (Å²) in [5.74, 6) is 0.145. The number of nitrogens with two attached hydrogens (primary N) is 1. The molecule has 0 aliphatic carbocycles. The second-order valence-electron chi connectivity index (χ2n) is 4.47. The highest BCUT2D eigenvalue weighted by molar-refractivity contribution is 7.89. The third-order valence-corrected chi connectivity index (χ3v) is 3.76. The molecule has 7 heteroatoms. The van der Waals surface area contributed by atoms with Crippen molar-refractivity contribution < 1.29 is 17.5 Å². The third kappa shape index (κ3) is 6.75. The van der Waals surface area contributed by atoms with Gasteiger partial charge in [-0.15, -0.1) is 0 Å². The van der Waals surface area contributed by atoms with Crippen molar-refractivity contribution in [1.82, 2.24) is 0 Å². The molecule has 1 atom stereocenters. The molecule has 0 aliphatic heterocycles. The van der Waals surface area contributed by atoms with Crippen LogP contribution in [0.5, 0.6) is 5.75 Å². The SMILES string of the molecule is CC(CCOc1ccc(F)c(Cl)c1)CCS(N)(=O)=O. The van der Waals surface area contributed by atoms with E-state index in [1.165, 1.54) is 18.2 Å². The largest absolute Gasteiger partial charge is 0.494 e. The third-order valence-electron chi connectivity index (χ3n) is 2.67. The van der Waals surface area contributed by atoms with Crippen LogP contribution in [0.2, 0.25) is 5.02 Å². The normalized spacial score (nSPS) is 13.3. The smallest absolute Gasteiger partial charge is 0.209 e. The van der Waals surface area contributed by atoms with E-state index >= 15 is 0 Å². The van der Waals surface area contributed by atoms with Gasteiger partial charge in [0, 0.05) is 6.07 Å². The summed E-state index contributed by atoms with van der Waals surface area (Å²) in [6, 6.07) is 4.14. The van der Waals surface area contributed by atoms with Gasteiger partial charge in [-0.05, 0) is 30.9 Å². The van der Waals surface area contributed by atoms with E-state index in [1.807, 2.05) is 6.92 Å². The van der Waals surface area contributed by atoms with Gasteiger partial charge in [0.15, 0.2) is 0 Å².